The lowest BCUT2D eigenvalue weighted by molar-refractivity contribution is 0.101. The first-order valence-corrected chi connectivity index (χ1v) is 6.74. The van der Waals surface area contributed by atoms with Crippen LogP contribution < -0.4 is 4.72 Å². The number of benzene rings is 1. The number of ketones is 1. The van der Waals surface area contributed by atoms with E-state index >= 15 is 0 Å². The van der Waals surface area contributed by atoms with Crippen molar-refractivity contribution in [3.63, 3.8) is 0 Å². The Labute approximate surface area is 109 Å². The van der Waals surface area contributed by atoms with Gasteiger partial charge in [-0.25, -0.2) is 13.1 Å². The summed E-state index contributed by atoms with van der Waals surface area (Å²) in [5, 5.41) is 10.8. The van der Waals surface area contributed by atoms with Crippen LogP contribution in [0, 0.1) is 0 Å². The molecule has 100 valence electrons. The van der Waals surface area contributed by atoms with Crippen molar-refractivity contribution in [2.75, 3.05) is 4.72 Å². The predicted molar refractivity (Wildman–Crippen MR) is 66.1 cm³/mol. The molecule has 2 aromatic rings. The number of nitrogens with one attached hydrogen (secondary N) is 1. The molecule has 0 saturated carbocycles. The van der Waals surface area contributed by atoms with E-state index in [-0.39, 0.29) is 16.6 Å². The Bertz CT molecular complexity index is 722. The molecule has 0 bridgehead atoms. The molecule has 0 aliphatic carbocycles. The molecule has 0 spiro atoms. The zero-order valence-corrected chi connectivity index (χ0v) is 11.0. The second kappa shape index (κ2) is 4.76. The summed E-state index contributed by atoms with van der Waals surface area (Å²) in [7, 11) is -2.32. The van der Waals surface area contributed by atoms with E-state index in [4.69, 9.17) is 0 Å². The molecule has 8 nitrogen and oxygen atoms in total. The third-order valence-corrected chi connectivity index (χ3v) is 3.61. The van der Waals surface area contributed by atoms with Gasteiger partial charge in [0.15, 0.2) is 5.78 Å². The monoisotopic (exact) mass is 281 g/mol. The van der Waals surface area contributed by atoms with E-state index in [1.54, 1.807) is 6.07 Å². The van der Waals surface area contributed by atoms with Crippen LogP contribution in [0.5, 0.6) is 0 Å². The van der Waals surface area contributed by atoms with Crippen molar-refractivity contribution < 1.29 is 13.2 Å². The highest BCUT2D eigenvalue weighted by Crippen LogP contribution is 2.14. The van der Waals surface area contributed by atoms with Crippen molar-refractivity contribution in [2.24, 2.45) is 7.05 Å². The lowest BCUT2D eigenvalue weighted by atomic mass is 10.2. The van der Waals surface area contributed by atoms with Gasteiger partial charge in [0, 0.05) is 5.56 Å². The summed E-state index contributed by atoms with van der Waals surface area (Å²) in [6.07, 6.45) is 0. The van der Waals surface area contributed by atoms with Gasteiger partial charge < -0.3 is 0 Å². The first-order chi connectivity index (χ1) is 8.88. The first kappa shape index (κ1) is 13.1. The lowest BCUT2D eigenvalue weighted by Crippen LogP contribution is -2.14. The van der Waals surface area contributed by atoms with Crippen LogP contribution in [-0.2, 0) is 17.1 Å². The standard InChI is InChI=1S/C10H11N5O3S/c1-7(16)8-4-3-5-9(6-8)19(17,18)13-10-11-14-15(2)12-10/h3-6H,1-2H3,(H,12,13). The van der Waals surface area contributed by atoms with Gasteiger partial charge in [-0.1, -0.05) is 17.2 Å². The van der Waals surface area contributed by atoms with Crippen molar-refractivity contribution in [3.05, 3.63) is 29.8 Å². The van der Waals surface area contributed by atoms with E-state index < -0.39 is 10.0 Å². The maximum atomic E-state index is 12.0. The van der Waals surface area contributed by atoms with Crippen LogP contribution in [0.1, 0.15) is 17.3 Å². The number of anilines is 1. The van der Waals surface area contributed by atoms with Gasteiger partial charge in [0.25, 0.3) is 16.0 Å². The Kier molecular flexibility index (Phi) is 3.30. The van der Waals surface area contributed by atoms with E-state index in [0.29, 0.717) is 5.56 Å². The van der Waals surface area contributed by atoms with E-state index in [1.807, 2.05) is 0 Å². The SMILES string of the molecule is CC(=O)c1cccc(S(=O)(=O)Nc2nnn(C)n2)c1. The zero-order valence-electron chi connectivity index (χ0n) is 10.2. The van der Waals surface area contributed by atoms with Gasteiger partial charge in [0.1, 0.15) is 0 Å². The molecule has 1 N–H and O–H groups in total. The molecule has 0 amide bonds. The number of hydrogen-bond donors (Lipinski definition) is 1. The predicted octanol–water partition coefficient (Wildman–Crippen LogP) is 0.213. The van der Waals surface area contributed by atoms with Crippen molar-refractivity contribution in [1.29, 1.82) is 0 Å². The summed E-state index contributed by atoms with van der Waals surface area (Å²) in [6, 6.07) is 5.71. The highest BCUT2D eigenvalue weighted by molar-refractivity contribution is 7.92. The minimum atomic E-state index is -3.84. The Morgan fingerprint density at radius 1 is 1.37 bits per heavy atom. The van der Waals surface area contributed by atoms with Crippen LogP contribution in [0.3, 0.4) is 0 Å². The molecule has 0 radical (unpaired) electrons. The van der Waals surface area contributed by atoms with Crippen LogP contribution in [0.4, 0.5) is 5.95 Å². The molecule has 1 aromatic heterocycles. The molecule has 0 saturated heterocycles. The summed E-state index contributed by atoms with van der Waals surface area (Å²) in [5.41, 5.74) is 0.315. The number of carbonyl (C=O) groups is 1. The Morgan fingerprint density at radius 2 is 2.11 bits per heavy atom. The number of nitrogens with zero attached hydrogens (tertiary/aromatic N) is 4. The number of carbonyl (C=O) groups excluding carboxylic acids is 1. The number of rotatable bonds is 4. The molecular weight excluding hydrogens is 270 g/mol. The van der Waals surface area contributed by atoms with Gasteiger partial charge in [0.2, 0.25) is 0 Å². The summed E-state index contributed by atoms with van der Waals surface area (Å²) in [4.78, 5) is 12.3. The highest BCUT2D eigenvalue weighted by Gasteiger charge is 2.17. The molecule has 19 heavy (non-hydrogen) atoms. The van der Waals surface area contributed by atoms with Gasteiger partial charge in [0.05, 0.1) is 11.9 Å². The van der Waals surface area contributed by atoms with E-state index in [1.165, 1.54) is 32.2 Å². The van der Waals surface area contributed by atoms with E-state index in [9.17, 15) is 13.2 Å². The largest absolute Gasteiger partial charge is 0.295 e. The summed E-state index contributed by atoms with van der Waals surface area (Å²) in [5.74, 6) is -0.342. The number of tetrazole rings is 1. The van der Waals surface area contributed by atoms with Gasteiger partial charge in [-0.2, -0.15) is 4.80 Å². The third-order valence-electron chi connectivity index (χ3n) is 2.28. The van der Waals surface area contributed by atoms with Crippen LogP contribution in [-0.4, -0.2) is 34.4 Å². The number of Topliss-reactive ketones (excluding diaryl/α,β-unsaturated/α-hetero) is 1. The number of aromatic nitrogens is 4. The molecule has 9 heteroatoms. The van der Waals surface area contributed by atoms with Gasteiger partial charge in [-0.3, -0.25) is 4.79 Å². The van der Waals surface area contributed by atoms with E-state index in [2.05, 4.69) is 20.1 Å². The van der Waals surface area contributed by atoms with Crippen LogP contribution in [0.25, 0.3) is 0 Å². The quantitative estimate of drug-likeness (QED) is 0.803. The molecule has 0 aliphatic heterocycles. The molecule has 0 fully saturated rings. The Hall–Kier alpha value is -2.29. The van der Waals surface area contributed by atoms with Gasteiger partial charge >= 0.3 is 0 Å². The van der Waals surface area contributed by atoms with Crippen molar-refractivity contribution in [2.45, 2.75) is 11.8 Å². The maximum absolute atomic E-state index is 12.0. The van der Waals surface area contributed by atoms with Crippen molar-refractivity contribution in [1.82, 2.24) is 20.2 Å². The molecule has 2 rings (SSSR count). The Morgan fingerprint density at radius 3 is 2.68 bits per heavy atom. The fourth-order valence-corrected chi connectivity index (χ4v) is 2.37. The second-order valence-corrected chi connectivity index (χ2v) is 5.47. The molecule has 0 unspecified atom stereocenters. The summed E-state index contributed by atoms with van der Waals surface area (Å²) < 4.78 is 26.3. The fourth-order valence-electron chi connectivity index (χ4n) is 1.39. The smallest absolute Gasteiger partial charge is 0.277 e. The zero-order chi connectivity index (χ0) is 14.0. The fraction of sp³-hybridized carbons (Fsp3) is 0.200. The van der Waals surface area contributed by atoms with E-state index in [0.717, 1.165) is 4.80 Å². The van der Waals surface area contributed by atoms with Crippen LogP contribution in [0.2, 0.25) is 0 Å². The maximum Gasteiger partial charge on any atom is 0.277 e. The third kappa shape index (κ3) is 2.94. The number of hydrogen-bond acceptors (Lipinski definition) is 6. The van der Waals surface area contributed by atoms with Gasteiger partial charge in [-0.15, -0.1) is 5.10 Å². The second-order valence-electron chi connectivity index (χ2n) is 3.79. The minimum Gasteiger partial charge on any atom is -0.295 e. The molecule has 0 atom stereocenters. The summed E-state index contributed by atoms with van der Waals surface area (Å²) >= 11 is 0. The molecule has 1 aromatic carbocycles. The van der Waals surface area contributed by atoms with Crippen LogP contribution in [0.15, 0.2) is 29.2 Å². The molecule has 0 aliphatic rings. The lowest BCUT2D eigenvalue weighted by Gasteiger charge is -2.05. The number of aryl methyl sites for hydroxylation is 1. The molecular formula is C10H11N5O3S. The average molecular weight is 281 g/mol. The van der Waals surface area contributed by atoms with Gasteiger partial charge in [-0.05, 0) is 24.3 Å². The van der Waals surface area contributed by atoms with Crippen molar-refractivity contribution in [3.8, 4) is 0 Å². The van der Waals surface area contributed by atoms with Crippen molar-refractivity contribution >= 4 is 21.8 Å². The first-order valence-electron chi connectivity index (χ1n) is 5.26. The van der Waals surface area contributed by atoms with Crippen LogP contribution >= 0.6 is 0 Å². The topological polar surface area (TPSA) is 107 Å². The summed E-state index contributed by atoms with van der Waals surface area (Å²) in [6.45, 7) is 1.36. The average Bonchev–Trinajstić information content (AvgIpc) is 2.74. The molecule has 1 heterocycles. The Balaban J connectivity index is 2.34. The highest BCUT2D eigenvalue weighted by atomic mass is 32.2. The normalized spacial score (nSPS) is 11.3. The number of sulfonamides is 1. The minimum absolute atomic E-state index is 0.0346.